The second kappa shape index (κ2) is 7.77. The Morgan fingerprint density at radius 3 is 2.48 bits per heavy atom. The maximum absolute atomic E-state index is 11.6. The second-order valence-electron chi connectivity index (χ2n) is 5.52. The first-order chi connectivity index (χ1) is 12.1. The van der Waals surface area contributed by atoms with Crippen molar-refractivity contribution >= 4 is 23.4 Å². The molecule has 1 heterocycles. The minimum atomic E-state index is -0.935. The van der Waals surface area contributed by atoms with Gasteiger partial charge in [-0.15, -0.1) is 0 Å². The van der Waals surface area contributed by atoms with Gasteiger partial charge in [-0.05, 0) is 17.7 Å². The van der Waals surface area contributed by atoms with Gasteiger partial charge in [-0.25, -0.2) is 14.8 Å². The molecular weight excluding hydrogens is 338 g/mol. The molecule has 3 rings (SSSR count). The Balaban J connectivity index is 1.79. The standard InChI is InChI=1S/C19H16ClN3O2/c20-15-8-6-14(7-9-15)16-11-18(22-12-21-16)23-17(19(24)25)10-13-4-2-1-3-5-13/h1-9,11-12,17H,10H2,(H,24,25)(H,21,22,23). The molecule has 3 aromatic rings. The number of nitrogens with one attached hydrogen (secondary N) is 1. The third-order valence-corrected chi connectivity index (χ3v) is 3.96. The maximum Gasteiger partial charge on any atom is 0.326 e. The van der Waals surface area contributed by atoms with E-state index in [1.807, 2.05) is 42.5 Å². The van der Waals surface area contributed by atoms with Crippen LogP contribution in [0.4, 0.5) is 5.82 Å². The number of carboxylic acid groups (broad SMARTS) is 1. The number of hydrogen-bond donors (Lipinski definition) is 2. The molecular formula is C19H16ClN3O2. The van der Waals surface area contributed by atoms with Crippen molar-refractivity contribution in [3.8, 4) is 11.3 Å². The average Bonchev–Trinajstić information content (AvgIpc) is 2.63. The van der Waals surface area contributed by atoms with Gasteiger partial charge in [0.25, 0.3) is 0 Å². The fourth-order valence-electron chi connectivity index (χ4n) is 2.44. The molecule has 2 N–H and O–H groups in total. The van der Waals surface area contributed by atoms with Gasteiger partial charge in [0.05, 0.1) is 5.69 Å². The van der Waals surface area contributed by atoms with Gasteiger partial charge in [0.1, 0.15) is 18.2 Å². The summed E-state index contributed by atoms with van der Waals surface area (Å²) in [6.07, 6.45) is 1.77. The quantitative estimate of drug-likeness (QED) is 0.702. The van der Waals surface area contributed by atoms with Gasteiger partial charge >= 0.3 is 5.97 Å². The van der Waals surface area contributed by atoms with Gasteiger partial charge in [-0.2, -0.15) is 0 Å². The van der Waals surface area contributed by atoms with Crippen molar-refractivity contribution in [2.24, 2.45) is 0 Å². The van der Waals surface area contributed by atoms with E-state index in [9.17, 15) is 9.90 Å². The lowest BCUT2D eigenvalue weighted by Crippen LogP contribution is -2.31. The van der Waals surface area contributed by atoms with E-state index in [0.29, 0.717) is 23.0 Å². The zero-order valence-corrected chi connectivity index (χ0v) is 14.0. The van der Waals surface area contributed by atoms with E-state index in [-0.39, 0.29) is 0 Å². The molecule has 2 aromatic carbocycles. The van der Waals surface area contributed by atoms with Crippen LogP contribution in [0.25, 0.3) is 11.3 Å². The summed E-state index contributed by atoms with van der Waals surface area (Å²) in [6.45, 7) is 0. The maximum atomic E-state index is 11.6. The van der Waals surface area contributed by atoms with Crippen LogP contribution in [-0.4, -0.2) is 27.1 Å². The summed E-state index contributed by atoms with van der Waals surface area (Å²) in [5, 5.41) is 13.1. The highest BCUT2D eigenvalue weighted by Gasteiger charge is 2.18. The van der Waals surface area contributed by atoms with Gasteiger partial charge in [0.15, 0.2) is 0 Å². The molecule has 25 heavy (non-hydrogen) atoms. The number of aliphatic carboxylic acids is 1. The highest BCUT2D eigenvalue weighted by molar-refractivity contribution is 6.30. The van der Waals surface area contributed by atoms with Gasteiger partial charge < -0.3 is 10.4 Å². The molecule has 0 amide bonds. The van der Waals surface area contributed by atoms with Crippen molar-refractivity contribution in [1.82, 2.24) is 9.97 Å². The molecule has 126 valence electrons. The molecule has 0 fully saturated rings. The van der Waals surface area contributed by atoms with Crippen LogP contribution < -0.4 is 5.32 Å². The topological polar surface area (TPSA) is 75.1 Å². The number of halogens is 1. The van der Waals surface area contributed by atoms with Crippen LogP contribution in [0.3, 0.4) is 0 Å². The van der Waals surface area contributed by atoms with Gasteiger partial charge in [0, 0.05) is 23.1 Å². The third-order valence-electron chi connectivity index (χ3n) is 3.71. The normalized spacial score (nSPS) is 11.7. The third kappa shape index (κ3) is 4.55. The molecule has 6 heteroatoms. The Morgan fingerprint density at radius 1 is 1.08 bits per heavy atom. The van der Waals surface area contributed by atoms with Crippen molar-refractivity contribution in [2.75, 3.05) is 5.32 Å². The van der Waals surface area contributed by atoms with E-state index in [0.717, 1.165) is 11.1 Å². The molecule has 0 bridgehead atoms. The first-order valence-electron chi connectivity index (χ1n) is 7.73. The summed E-state index contributed by atoms with van der Waals surface area (Å²) in [7, 11) is 0. The first-order valence-corrected chi connectivity index (χ1v) is 8.11. The Kier molecular flexibility index (Phi) is 5.26. The smallest absolute Gasteiger partial charge is 0.326 e. The number of hydrogen-bond acceptors (Lipinski definition) is 4. The van der Waals surface area contributed by atoms with Crippen LogP contribution in [0, 0.1) is 0 Å². The predicted octanol–water partition coefficient (Wildman–Crippen LogP) is 3.90. The van der Waals surface area contributed by atoms with Crippen LogP contribution in [0.2, 0.25) is 5.02 Å². The first kappa shape index (κ1) is 16.9. The second-order valence-corrected chi connectivity index (χ2v) is 5.96. The number of carbonyl (C=O) groups is 1. The number of aromatic nitrogens is 2. The van der Waals surface area contributed by atoms with E-state index in [4.69, 9.17) is 11.6 Å². The SMILES string of the molecule is O=C(O)C(Cc1ccccc1)Nc1cc(-c2ccc(Cl)cc2)ncn1. The lowest BCUT2D eigenvalue weighted by Gasteiger charge is -2.15. The van der Waals surface area contributed by atoms with Crippen LogP contribution in [-0.2, 0) is 11.2 Å². The van der Waals surface area contributed by atoms with Crippen LogP contribution >= 0.6 is 11.6 Å². The molecule has 0 aliphatic heterocycles. The Morgan fingerprint density at radius 2 is 1.80 bits per heavy atom. The number of anilines is 1. The number of nitrogens with zero attached hydrogens (tertiary/aromatic N) is 2. The Hall–Kier alpha value is -2.92. The summed E-state index contributed by atoms with van der Waals surface area (Å²) < 4.78 is 0. The minimum absolute atomic E-state index is 0.358. The van der Waals surface area contributed by atoms with Gasteiger partial charge in [-0.3, -0.25) is 0 Å². The molecule has 0 saturated heterocycles. The Labute approximate surface area is 150 Å². The van der Waals surface area contributed by atoms with Crippen molar-refractivity contribution in [3.05, 3.63) is 77.6 Å². The summed E-state index contributed by atoms with van der Waals surface area (Å²) in [4.78, 5) is 19.9. The van der Waals surface area contributed by atoms with E-state index in [1.54, 1.807) is 18.2 Å². The fourth-order valence-corrected chi connectivity index (χ4v) is 2.57. The fraction of sp³-hybridized carbons (Fsp3) is 0.105. The molecule has 0 radical (unpaired) electrons. The molecule has 0 spiro atoms. The molecule has 0 saturated carbocycles. The molecule has 1 aromatic heterocycles. The van der Waals surface area contributed by atoms with Crippen molar-refractivity contribution < 1.29 is 9.90 Å². The summed E-state index contributed by atoms with van der Waals surface area (Å²) in [5.41, 5.74) is 2.51. The average molecular weight is 354 g/mol. The highest BCUT2D eigenvalue weighted by atomic mass is 35.5. The van der Waals surface area contributed by atoms with Gasteiger partial charge in [-0.1, -0.05) is 54.1 Å². The van der Waals surface area contributed by atoms with E-state index in [2.05, 4.69) is 15.3 Å². The molecule has 1 unspecified atom stereocenters. The molecule has 0 aliphatic rings. The minimum Gasteiger partial charge on any atom is -0.480 e. The summed E-state index contributed by atoms with van der Waals surface area (Å²) >= 11 is 5.90. The van der Waals surface area contributed by atoms with Crippen LogP contribution in [0.1, 0.15) is 5.56 Å². The van der Waals surface area contributed by atoms with Crippen molar-refractivity contribution in [2.45, 2.75) is 12.5 Å². The zero-order chi connectivity index (χ0) is 17.6. The van der Waals surface area contributed by atoms with Crippen LogP contribution in [0.5, 0.6) is 0 Å². The van der Waals surface area contributed by atoms with E-state index in [1.165, 1.54) is 6.33 Å². The van der Waals surface area contributed by atoms with Crippen molar-refractivity contribution in [1.29, 1.82) is 0 Å². The van der Waals surface area contributed by atoms with Gasteiger partial charge in [0.2, 0.25) is 0 Å². The van der Waals surface area contributed by atoms with Crippen molar-refractivity contribution in [3.63, 3.8) is 0 Å². The molecule has 0 aliphatic carbocycles. The predicted molar refractivity (Wildman–Crippen MR) is 97.7 cm³/mol. The highest BCUT2D eigenvalue weighted by Crippen LogP contribution is 2.21. The monoisotopic (exact) mass is 353 g/mol. The Bertz CT molecular complexity index is 854. The number of rotatable bonds is 6. The van der Waals surface area contributed by atoms with E-state index < -0.39 is 12.0 Å². The zero-order valence-electron chi connectivity index (χ0n) is 13.3. The summed E-state index contributed by atoms with van der Waals surface area (Å²) in [5.74, 6) is -0.473. The summed E-state index contributed by atoms with van der Waals surface area (Å²) in [6, 6.07) is 17.7. The molecule has 1 atom stereocenters. The number of carboxylic acids is 1. The number of benzene rings is 2. The lowest BCUT2D eigenvalue weighted by atomic mass is 10.1. The van der Waals surface area contributed by atoms with E-state index >= 15 is 0 Å². The van der Waals surface area contributed by atoms with Crippen LogP contribution in [0.15, 0.2) is 67.0 Å². The lowest BCUT2D eigenvalue weighted by molar-refractivity contribution is -0.137. The largest absolute Gasteiger partial charge is 0.480 e. The molecule has 5 nitrogen and oxygen atoms in total.